The average Bonchev–Trinajstić information content (AvgIpc) is 3.35. The van der Waals surface area contributed by atoms with E-state index in [2.05, 4.69) is 16.5 Å². The number of methoxy groups -OCH3 is 1. The third kappa shape index (κ3) is 4.34. The Kier molecular flexibility index (Phi) is 5.37. The summed E-state index contributed by atoms with van der Waals surface area (Å²) in [6.45, 7) is 2.18. The van der Waals surface area contributed by atoms with Crippen molar-refractivity contribution in [3.05, 3.63) is 59.8 Å². The molecule has 0 saturated heterocycles. The summed E-state index contributed by atoms with van der Waals surface area (Å²) >= 11 is 0. The van der Waals surface area contributed by atoms with E-state index in [1.807, 2.05) is 37.3 Å². The van der Waals surface area contributed by atoms with Gasteiger partial charge in [0, 0.05) is 18.1 Å². The third-order valence-electron chi connectivity index (χ3n) is 4.63. The SMILES string of the molecule is COc1ccccc1OCC(=O)NCc1cc(-c2ccc3c(c2)CC(C)O3)on1. The number of carbonyl (C=O) groups excluding carboxylic acids is 1. The number of ether oxygens (including phenoxy) is 3. The number of carbonyl (C=O) groups is 1. The number of hydrogen-bond donors (Lipinski definition) is 1. The highest BCUT2D eigenvalue weighted by molar-refractivity contribution is 5.77. The van der Waals surface area contributed by atoms with E-state index in [9.17, 15) is 4.79 Å². The summed E-state index contributed by atoms with van der Waals surface area (Å²) < 4.78 is 21.9. The molecule has 0 bridgehead atoms. The van der Waals surface area contributed by atoms with Gasteiger partial charge >= 0.3 is 0 Å². The smallest absolute Gasteiger partial charge is 0.258 e. The summed E-state index contributed by atoms with van der Waals surface area (Å²) in [4.78, 5) is 12.1. The van der Waals surface area contributed by atoms with Gasteiger partial charge in [0.1, 0.15) is 17.5 Å². The summed E-state index contributed by atoms with van der Waals surface area (Å²) in [5, 5.41) is 6.81. The number of nitrogens with one attached hydrogen (secondary N) is 1. The lowest BCUT2D eigenvalue weighted by Crippen LogP contribution is -2.28. The summed E-state index contributed by atoms with van der Waals surface area (Å²) in [6, 6.07) is 15.0. The van der Waals surface area contributed by atoms with E-state index in [0.29, 0.717) is 23.0 Å². The Bertz CT molecular complexity index is 1010. The topological polar surface area (TPSA) is 82.8 Å². The molecule has 1 aliphatic heterocycles. The second-order valence-electron chi connectivity index (χ2n) is 6.85. The summed E-state index contributed by atoms with van der Waals surface area (Å²) in [5.41, 5.74) is 2.73. The van der Waals surface area contributed by atoms with Crippen molar-refractivity contribution in [3.8, 4) is 28.6 Å². The molecule has 0 fully saturated rings. The predicted octanol–water partition coefficient (Wildman–Crippen LogP) is 3.37. The van der Waals surface area contributed by atoms with Gasteiger partial charge in [-0.3, -0.25) is 4.79 Å². The van der Waals surface area contributed by atoms with E-state index in [1.165, 1.54) is 0 Å². The van der Waals surface area contributed by atoms with Crippen molar-refractivity contribution in [2.75, 3.05) is 13.7 Å². The van der Waals surface area contributed by atoms with E-state index >= 15 is 0 Å². The van der Waals surface area contributed by atoms with E-state index in [1.54, 1.807) is 19.2 Å². The van der Waals surface area contributed by atoms with Crippen LogP contribution in [0.4, 0.5) is 0 Å². The summed E-state index contributed by atoms with van der Waals surface area (Å²) in [5.74, 6) is 2.41. The third-order valence-corrected chi connectivity index (χ3v) is 4.63. The van der Waals surface area contributed by atoms with Crippen LogP contribution >= 0.6 is 0 Å². The minimum atomic E-state index is -0.260. The molecule has 7 heteroatoms. The molecule has 3 aromatic rings. The number of rotatable bonds is 7. The quantitative estimate of drug-likeness (QED) is 0.662. The molecule has 150 valence electrons. The Hall–Kier alpha value is -3.48. The summed E-state index contributed by atoms with van der Waals surface area (Å²) in [7, 11) is 1.55. The van der Waals surface area contributed by atoms with Gasteiger partial charge in [-0.2, -0.15) is 0 Å². The van der Waals surface area contributed by atoms with Crippen LogP contribution < -0.4 is 19.5 Å². The maximum atomic E-state index is 12.1. The van der Waals surface area contributed by atoms with Crippen molar-refractivity contribution >= 4 is 5.91 Å². The molecule has 0 aliphatic carbocycles. The molecule has 2 aromatic carbocycles. The lowest BCUT2D eigenvalue weighted by molar-refractivity contribution is -0.123. The largest absolute Gasteiger partial charge is 0.493 e. The van der Waals surface area contributed by atoms with Crippen LogP contribution in [-0.4, -0.2) is 30.9 Å². The first-order valence-electron chi connectivity index (χ1n) is 9.40. The second-order valence-corrected chi connectivity index (χ2v) is 6.85. The molecule has 1 unspecified atom stereocenters. The van der Waals surface area contributed by atoms with Gasteiger partial charge in [-0.05, 0) is 42.8 Å². The fourth-order valence-electron chi connectivity index (χ4n) is 3.23. The molecule has 4 rings (SSSR count). The van der Waals surface area contributed by atoms with Crippen molar-refractivity contribution < 1.29 is 23.5 Å². The first-order valence-corrected chi connectivity index (χ1v) is 9.40. The van der Waals surface area contributed by atoms with Gasteiger partial charge < -0.3 is 24.1 Å². The molecule has 1 N–H and O–H groups in total. The van der Waals surface area contributed by atoms with Crippen molar-refractivity contribution in [1.29, 1.82) is 0 Å². The molecule has 1 aliphatic rings. The highest BCUT2D eigenvalue weighted by Crippen LogP contribution is 2.33. The maximum absolute atomic E-state index is 12.1. The molecule has 0 radical (unpaired) electrons. The standard InChI is InChI=1S/C22H22N2O5/c1-14-9-16-10-15(7-8-18(16)28-14)21-11-17(24-29-21)12-23-22(25)13-27-20-6-4-3-5-19(20)26-2/h3-8,10-11,14H,9,12-13H2,1-2H3,(H,23,25). The number of benzene rings is 2. The number of nitrogens with zero attached hydrogens (tertiary/aromatic N) is 1. The number of para-hydroxylation sites is 2. The van der Waals surface area contributed by atoms with Crippen LogP contribution in [0.2, 0.25) is 0 Å². The van der Waals surface area contributed by atoms with Crippen molar-refractivity contribution in [2.45, 2.75) is 26.0 Å². The van der Waals surface area contributed by atoms with Crippen molar-refractivity contribution in [2.24, 2.45) is 0 Å². The van der Waals surface area contributed by atoms with E-state index < -0.39 is 0 Å². The minimum Gasteiger partial charge on any atom is -0.493 e. The molecule has 0 saturated carbocycles. The van der Waals surface area contributed by atoms with Crippen molar-refractivity contribution in [1.82, 2.24) is 10.5 Å². The molecule has 7 nitrogen and oxygen atoms in total. The van der Waals surface area contributed by atoms with Gasteiger partial charge in [0.25, 0.3) is 5.91 Å². The van der Waals surface area contributed by atoms with Gasteiger partial charge in [-0.25, -0.2) is 0 Å². The molecular formula is C22H22N2O5. The molecular weight excluding hydrogens is 372 g/mol. The molecule has 1 aromatic heterocycles. The molecule has 0 spiro atoms. The Morgan fingerprint density at radius 1 is 1.21 bits per heavy atom. The maximum Gasteiger partial charge on any atom is 0.258 e. The first-order chi connectivity index (χ1) is 14.1. The molecule has 29 heavy (non-hydrogen) atoms. The number of amides is 1. The Morgan fingerprint density at radius 3 is 2.86 bits per heavy atom. The number of aromatic nitrogens is 1. The lowest BCUT2D eigenvalue weighted by atomic mass is 10.1. The predicted molar refractivity (Wildman–Crippen MR) is 106 cm³/mol. The first kappa shape index (κ1) is 18.9. The Balaban J connectivity index is 1.32. The van der Waals surface area contributed by atoms with Crippen LogP contribution in [0.1, 0.15) is 18.2 Å². The van der Waals surface area contributed by atoms with E-state index in [-0.39, 0.29) is 25.2 Å². The molecule has 2 heterocycles. The fraction of sp³-hybridized carbons (Fsp3) is 0.273. The van der Waals surface area contributed by atoms with Crippen LogP contribution in [0.25, 0.3) is 11.3 Å². The average molecular weight is 394 g/mol. The molecule has 1 atom stereocenters. The normalized spacial score (nSPS) is 14.8. The minimum absolute atomic E-state index is 0.117. The van der Waals surface area contributed by atoms with E-state index in [4.69, 9.17) is 18.7 Å². The van der Waals surface area contributed by atoms with Crippen LogP contribution in [0.15, 0.2) is 53.1 Å². The zero-order chi connectivity index (χ0) is 20.2. The highest BCUT2D eigenvalue weighted by Gasteiger charge is 2.20. The fourth-order valence-corrected chi connectivity index (χ4v) is 3.23. The van der Waals surface area contributed by atoms with Gasteiger partial charge in [0.05, 0.1) is 13.7 Å². The highest BCUT2D eigenvalue weighted by atomic mass is 16.5. The van der Waals surface area contributed by atoms with Gasteiger partial charge in [-0.15, -0.1) is 0 Å². The van der Waals surface area contributed by atoms with Crippen molar-refractivity contribution in [3.63, 3.8) is 0 Å². The summed E-state index contributed by atoms with van der Waals surface area (Å²) in [6.07, 6.45) is 1.07. The zero-order valence-corrected chi connectivity index (χ0v) is 16.3. The van der Waals surface area contributed by atoms with Gasteiger partial charge in [-0.1, -0.05) is 17.3 Å². The Morgan fingerprint density at radius 2 is 2.03 bits per heavy atom. The number of hydrogen-bond acceptors (Lipinski definition) is 6. The van der Waals surface area contributed by atoms with Crippen LogP contribution in [-0.2, 0) is 17.8 Å². The zero-order valence-electron chi connectivity index (χ0n) is 16.3. The van der Waals surface area contributed by atoms with E-state index in [0.717, 1.165) is 23.3 Å². The molecule has 1 amide bonds. The van der Waals surface area contributed by atoms with Gasteiger partial charge in [0.2, 0.25) is 0 Å². The van der Waals surface area contributed by atoms with Crippen LogP contribution in [0, 0.1) is 0 Å². The van der Waals surface area contributed by atoms with Crippen LogP contribution in [0.3, 0.4) is 0 Å². The second kappa shape index (κ2) is 8.26. The monoisotopic (exact) mass is 394 g/mol. The number of fused-ring (bicyclic) bond motifs is 1. The van der Waals surface area contributed by atoms with Crippen LogP contribution in [0.5, 0.6) is 17.2 Å². The van der Waals surface area contributed by atoms with Gasteiger partial charge in [0.15, 0.2) is 23.9 Å². The lowest BCUT2D eigenvalue weighted by Gasteiger charge is -2.09. The Labute approximate surface area is 168 Å².